The number of hydrogen-bond acceptors (Lipinski definition) is 0. The fraction of sp³-hybridized carbons (Fsp3) is 0.667. The molecule has 0 aromatic rings. The zero-order valence-corrected chi connectivity index (χ0v) is 8.55. The molecule has 0 amide bonds. The van der Waals surface area contributed by atoms with E-state index in [0.717, 1.165) is 0 Å². The second-order valence-electron chi connectivity index (χ2n) is 3.10. The third kappa shape index (κ3) is 9.48. The molecule has 0 heterocycles. The van der Waals surface area contributed by atoms with Crippen LogP contribution in [0.5, 0.6) is 0 Å². The fourth-order valence-corrected chi connectivity index (χ4v) is 0.997. The van der Waals surface area contributed by atoms with Crippen molar-refractivity contribution in [3.05, 3.63) is 24.3 Å². The van der Waals surface area contributed by atoms with E-state index in [1.807, 2.05) is 0 Å². The van der Waals surface area contributed by atoms with Gasteiger partial charge >= 0.3 is 0 Å². The molecule has 0 spiro atoms. The van der Waals surface area contributed by atoms with Gasteiger partial charge in [0.05, 0.1) is 0 Å². The molecule has 0 rings (SSSR count). The largest absolute Gasteiger partial charge is 0.0885 e. The van der Waals surface area contributed by atoms with E-state index in [2.05, 4.69) is 38.2 Å². The molecule has 0 radical (unpaired) electrons. The van der Waals surface area contributed by atoms with E-state index in [9.17, 15) is 0 Å². The van der Waals surface area contributed by atoms with Crippen molar-refractivity contribution in [1.82, 2.24) is 0 Å². The van der Waals surface area contributed by atoms with Crippen LogP contribution in [0.15, 0.2) is 24.3 Å². The highest BCUT2D eigenvalue weighted by molar-refractivity contribution is 4.87. The van der Waals surface area contributed by atoms with Crippen LogP contribution in [0.25, 0.3) is 0 Å². The number of rotatable bonds is 7. The first-order chi connectivity index (χ1) is 5.91. The molecule has 0 unspecified atom stereocenters. The van der Waals surface area contributed by atoms with Crippen molar-refractivity contribution in [3.63, 3.8) is 0 Å². The van der Waals surface area contributed by atoms with Gasteiger partial charge in [0.15, 0.2) is 0 Å². The first-order valence-corrected chi connectivity index (χ1v) is 5.21. The molecule has 0 aliphatic rings. The molecule has 70 valence electrons. The molecule has 0 aromatic heterocycles. The monoisotopic (exact) mass is 166 g/mol. The van der Waals surface area contributed by atoms with Gasteiger partial charge in [-0.25, -0.2) is 0 Å². The van der Waals surface area contributed by atoms with Gasteiger partial charge in [0, 0.05) is 0 Å². The minimum absolute atomic E-state index is 1.21. The number of unbranched alkanes of at least 4 members (excludes halogenated alkanes) is 3. The van der Waals surface area contributed by atoms with Gasteiger partial charge in [-0.05, 0) is 25.7 Å². The third-order valence-electron chi connectivity index (χ3n) is 1.74. The Bertz CT molecular complexity index is 104. The SMILES string of the molecule is CCC/C=C\CC/C=C\CCC. The molecule has 0 aromatic carbocycles. The van der Waals surface area contributed by atoms with Crippen molar-refractivity contribution in [2.45, 2.75) is 52.4 Å². The maximum absolute atomic E-state index is 2.29. The lowest BCUT2D eigenvalue weighted by atomic mass is 10.2. The van der Waals surface area contributed by atoms with Gasteiger partial charge in [0.1, 0.15) is 0 Å². The van der Waals surface area contributed by atoms with E-state index in [1.54, 1.807) is 0 Å². The molecule has 0 fully saturated rings. The van der Waals surface area contributed by atoms with Gasteiger partial charge in [0.2, 0.25) is 0 Å². The third-order valence-corrected chi connectivity index (χ3v) is 1.74. The molecular weight excluding hydrogens is 144 g/mol. The van der Waals surface area contributed by atoms with Gasteiger partial charge in [-0.1, -0.05) is 51.0 Å². The lowest BCUT2D eigenvalue weighted by Gasteiger charge is -1.87. The second-order valence-corrected chi connectivity index (χ2v) is 3.10. The van der Waals surface area contributed by atoms with E-state index in [0.29, 0.717) is 0 Å². The maximum Gasteiger partial charge on any atom is -0.0316 e. The van der Waals surface area contributed by atoms with Crippen LogP contribution in [0.4, 0.5) is 0 Å². The van der Waals surface area contributed by atoms with Crippen molar-refractivity contribution in [3.8, 4) is 0 Å². The molecule has 0 saturated heterocycles. The number of hydrogen-bond donors (Lipinski definition) is 0. The van der Waals surface area contributed by atoms with Crippen LogP contribution in [-0.2, 0) is 0 Å². The highest BCUT2D eigenvalue weighted by atomic mass is 13.8. The van der Waals surface area contributed by atoms with Crippen molar-refractivity contribution < 1.29 is 0 Å². The molecule has 0 nitrogen and oxygen atoms in total. The average molecular weight is 166 g/mol. The van der Waals surface area contributed by atoms with E-state index in [1.165, 1.54) is 38.5 Å². The maximum atomic E-state index is 2.29. The zero-order chi connectivity index (χ0) is 9.07. The van der Waals surface area contributed by atoms with Crippen molar-refractivity contribution in [2.75, 3.05) is 0 Å². The summed E-state index contributed by atoms with van der Waals surface area (Å²) in [5.41, 5.74) is 0. The first kappa shape index (κ1) is 11.5. The Morgan fingerprint density at radius 1 is 0.583 bits per heavy atom. The summed E-state index contributed by atoms with van der Waals surface area (Å²) in [6.45, 7) is 4.43. The van der Waals surface area contributed by atoms with Gasteiger partial charge in [-0.2, -0.15) is 0 Å². The fourth-order valence-electron chi connectivity index (χ4n) is 0.997. The van der Waals surface area contributed by atoms with E-state index < -0.39 is 0 Å². The quantitative estimate of drug-likeness (QED) is 0.386. The normalized spacial score (nSPS) is 11.8. The van der Waals surface area contributed by atoms with Crippen LogP contribution < -0.4 is 0 Å². The predicted octanol–water partition coefficient (Wildman–Crippen LogP) is 4.48. The summed E-state index contributed by atoms with van der Waals surface area (Å²) in [5, 5.41) is 0. The molecule has 0 aliphatic carbocycles. The molecule has 0 heteroatoms. The molecule has 0 N–H and O–H groups in total. The summed E-state index contributed by atoms with van der Waals surface area (Å²) in [4.78, 5) is 0. The van der Waals surface area contributed by atoms with E-state index >= 15 is 0 Å². The molecule has 0 bridgehead atoms. The smallest absolute Gasteiger partial charge is 0.0316 e. The highest BCUT2D eigenvalue weighted by Crippen LogP contribution is 1.97. The van der Waals surface area contributed by atoms with Crippen molar-refractivity contribution >= 4 is 0 Å². The van der Waals surface area contributed by atoms with E-state index in [4.69, 9.17) is 0 Å². The average Bonchev–Trinajstić information content (AvgIpc) is 2.10. The standard InChI is InChI=1S/C12H22/c1-3-5-7-9-11-12-10-8-6-4-2/h7-10H,3-6,11-12H2,1-2H3/b9-7-,10-8-. The van der Waals surface area contributed by atoms with Gasteiger partial charge in [-0.3, -0.25) is 0 Å². The summed E-state index contributed by atoms with van der Waals surface area (Å²) in [6, 6.07) is 0. The Balaban J connectivity index is 3.09. The summed E-state index contributed by atoms with van der Waals surface area (Å²) in [6.07, 6.45) is 16.6. The number of allylic oxidation sites excluding steroid dienone is 4. The molecule has 0 saturated carbocycles. The lowest BCUT2D eigenvalue weighted by Crippen LogP contribution is -1.67. The lowest BCUT2D eigenvalue weighted by molar-refractivity contribution is 0.931. The minimum Gasteiger partial charge on any atom is -0.0885 e. The summed E-state index contributed by atoms with van der Waals surface area (Å²) < 4.78 is 0. The first-order valence-electron chi connectivity index (χ1n) is 5.21. The molecule has 12 heavy (non-hydrogen) atoms. The van der Waals surface area contributed by atoms with Crippen LogP contribution >= 0.6 is 0 Å². The topological polar surface area (TPSA) is 0 Å². The summed E-state index contributed by atoms with van der Waals surface area (Å²) >= 11 is 0. The van der Waals surface area contributed by atoms with Gasteiger partial charge in [-0.15, -0.1) is 0 Å². The van der Waals surface area contributed by atoms with E-state index in [-0.39, 0.29) is 0 Å². The van der Waals surface area contributed by atoms with Crippen LogP contribution in [0.2, 0.25) is 0 Å². The zero-order valence-electron chi connectivity index (χ0n) is 8.55. The van der Waals surface area contributed by atoms with Crippen molar-refractivity contribution in [2.24, 2.45) is 0 Å². The molecular formula is C12H22. The second kappa shape index (κ2) is 10.5. The Labute approximate surface area is 77.4 Å². The Morgan fingerprint density at radius 3 is 1.25 bits per heavy atom. The summed E-state index contributed by atoms with van der Waals surface area (Å²) in [7, 11) is 0. The highest BCUT2D eigenvalue weighted by Gasteiger charge is 1.77. The van der Waals surface area contributed by atoms with Gasteiger partial charge in [0.25, 0.3) is 0 Å². The summed E-state index contributed by atoms with van der Waals surface area (Å²) in [5.74, 6) is 0. The Kier molecular flexibility index (Phi) is 10.0. The van der Waals surface area contributed by atoms with Crippen LogP contribution in [0.3, 0.4) is 0 Å². The van der Waals surface area contributed by atoms with Crippen molar-refractivity contribution in [1.29, 1.82) is 0 Å². The van der Waals surface area contributed by atoms with Crippen LogP contribution in [0.1, 0.15) is 52.4 Å². The molecule has 0 atom stereocenters. The minimum atomic E-state index is 1.21. The van der Waals surface area contributed by atoms with Gasteiger partial charge < -0.3 is 0 Å². The Morgan fingerprint density at radius 2 is 0.917 bits per heavy atom. The van der Waals surface area contributed by atoms with Crippen LogP contribution in [0, 0.1) is 0 Å². The predicted molar refractivity (Wildman–Crippen MR) is 57.3 cm³/mol. The Hall–Kier alpha value is -0.520. The molecule has 0 aliphatic heterocycles. The van der Waals surface area contributed by atoms with Crippen LogP contribution in [-0.4, -0.2) is 0 Å².